The Labute approximate surface area is 129 Å². The van der Waals surface area contributed by atoms with Gasteiger partial charge in [-0.05, 0) is 30.9 Å². The molecule has 0 heterocycles. The second-order valence-electron chi connectivity index (χ2n) is 5.12. The number of amides is 2. The van der Waals surface area contributed by atoms with Crippen LogP contribution in [0, 0.1) is 5.92 Å². The predicted octanol–water partition coefficient (Wildman–Crippen LogP) is 1.61. The van der Waals surface area contributed by atoms with Crippen LogP contribution in [0.15, 0.2) is 36.4 Å². The van der Waals surface area contributed by atoms with Crippen molar-refractivity contribution in [2.45, 2.75) is 19.3 Å². The second-order valence-corrected chi connectivity index (χ2v) is 5.12. The number of para-hydroxylation sites is 2. The number of anilines is 1. The molecular formula is C16H21N3O3. The SMILES string of the molecule is COc1ccccc1NCC(=O)NNC(=O)CC1C=CCC1. The molecule has 3 N–H and O–H groups in total. The normalized spacial score (nSPS) is 16.1. The summed E-state index contributed by atoms with van der Waals surface area (Å²) >= 11 is 0. The molecule has 2 amide bonds. The van der Waals surface area contributed by atoms with E-state index in [1.165, 1.54) is 0 Å². The van der Waals surface area contributed by atoms with Crippen molar-refractivity contribution in [2.75, 3.05) is 19.0 Å². The van der Waals surface area contributed by atoms with Crippen LogP contribution in [0.1, 0.15) is 19.3 Å². The zero-order valence-corrected chi connectivity index (χ0v) is 12.6. The Hall–Kier alpha value is -2.50. The minimum atomic E-state index is -0.318. The highest BCUT2D eigenvalue weighted by molar-refractivity contribution is 5.84. The number of hydrogen-bond donors (Lipinski definition) is 3. The van der Waals surface area contributed by atoms with E-state index in [0.29, 0.717) is 12.2 Å². The number of hydrogen-bond acceptors (Lipinski definition) is 4. The van der Waals surface area contributed by atoms with Gasteiger partial charge < -0.3 is 10.1 Å². The van der Waals surface area contributed by atoms with E-state index >= 15 is 0 Å². The predicted molar refractivity (Wildman–Crippen MR) is 84.3 cm³/mol. The molecule has 1 aromatic carbocycles. The molecule has 0 aliphatic heterocycles. The highest BCUT2D eigenvalue weighted by atomic mass is 16.5. The fraction of sp³-hybridized carbons (Fsp3) is 0.375. The van der Waals surface area contributed by atoms with Gasteiger partial charge in [-0.15, -0.1) is 0 Å². The van der Waals surface area contributed by atoms with Crippen LogP contribution in [0.5, 0.6) is 5.75 Å². The number of hydrazine groups is 1. The van der Waals surface area contributed by atoms with Crippen LogP contribution in [0.3, 0.4) is 0 Å². The first-order chi connectivity index (χ1) is 10.7. The number of ether oxygens (including phenoxy) is 1. The molecule has 1 atom stereocenters. The van der Waals surface area contributed by atoms with Crippen molar-refractivity contribution >= 4 is 17.5 Å². The van der Waals surface area contributed by atoms with Gasteiger partial charge in [0.1, 0.15) is 5.75 Å². The molecular weight excluding hydrogens is 282 g/mol. The van der Waals surface area contributed by atoms with Gasteiger partial charge in [-0.1, -0.05) is 24.3 Å². The van der Waals surface area contributed by atoms with E-state index in [2.05, 4.69) is 22.2 Å². The molecule has 118 valence electrons. The van der Waals surface area contributed by atoms with E-state index in [0.717, 1.165) is 18.5 Å². The van der Waals surface area contributed by atoms with E-state index in [1.54, 1.807) is 13.2 Å². The molecule has 6 nitrogen and oxygen atoms in total. The maximum atomic E-state index is 11.7. The summed E-state index contributed by atoms with van der Waals surface area (Å²) in [5.74, 6) is 0.444. The highest BCUT2D eigenvalue weighted by Crippen LogP contribution is 2.22. The fourth-order valence-electron chi connectivity index (χ4n) is 2.30. The smallest absolute Gasteiger partial charge is 0.257 e. The maximum Gasteiger partial charge on any atom is 0.257 e. The molecule has 0 spiro atoms. The van der Waals surface area contributed by atoms with Crippen LogP contribution >= 0.6 is 0 Å². The molecule has 0 saturated carbocycles. The van der Waals surface area contributed by atoms with Crippen LogP contribution < -0.4 is 20.9 Å². The summed E-state index contributed by atoms with van der Waals surface area (Å²) < 4.78 is 5.18. The monoisotopic (exact) mass is 303 g/mol. The Kier molecular flexibility index (Phi) is 5.82. The number of carbonyl (C=O) groups is 2. The van der Waals surface area contributed by atoms with E-state index in [-0.39, 0.29) is 24.3 Å². The Morgan fingerprint density at radius 2 is 2.00 bits per heavy atom. The third-order valence-corrected chi connectivity index (χ3v) is 3.45. The molecule has 0 saturated heterocycles. The summed E-state index contributed by atoms with van der Waals surface area (Å²) in [6, 6.07) is 7.32. The fourth-order valence-corrected chi connectivity index (χ4v) is 2.30. The van der Waals surface area contributed by atoms with Crippen LogP contribution in [-0.4, -0.2) is 25.5 Å². The van der Waals surface area contributed by atoms with Gasteiger partial charge in [0.25, 0.3) is 5.91 Å². The van der Waals surface area contributed by atoms with Crippen molar-refractivity contribution in [1.82, 2.24) is 10.9 Å². The summed E-state index contributed by atoms with van der Waals surface area (Å²) in [5.41, 5.74) is 5.55. The highest BCUT2D eigenvalue weighted by Gasteiger charge is 2.14. The van der Waals surface area contributed by atoms with E-state index in [4.69, 9.17) is 4.74 Å². The van der Waals surface area contributed by atoms with Gasteiger partial charge in [0.2, 0.25) is 5.91 Å². The molecule has 0 fully saturated rings. The van der Waals surface area contributed by atoms with Gasteiger partial charge in [0, 0.05) is 6.42 Å². The number of rotatable bonds is 6. The van der Waals surface area contributed by atoms with Crippen molar-refractivity contribution < 1.29 is 14.3 Å². The van der Waals surface area contributed by atoms with Crippen molar-refractivity contribution in [1.29, 1.82) is 0 Å². The van der Waals surface area contributed by atoms with Gasteiger partial charge in [-0.2, -0.15) is 0 Å². The number of allylic oxidation sites excluding steroid dienone is 2. The molecule has 1 aliphatic rings. The molecule has 2 rings (SSSR count). The van der Waals surface area contributed by atoms with E-state index < -0.39 is 0 Å². The first-order valence-electron chi connectivity index (χ1n) is 7.30. The molecule has 6 heteroatoms. The van der Waals surface area contributed by atoms with Crippen LogP contribution in [-0.2, 0) is 9.59 Å². The molecule has 0 aromatic heterocycles. The summed E-state index contributed by atoms with van der Waals surface area (Å²) in [6.07, 6.45) is 6.54. The first-order valence-corrected chi connectivity index (χ1v) is 7.30. The van der Waals surface area contributed by atoms with Gasteiger partial charge >= 0.3 is 0 Å². The third kappa shape index (κ3) is 4.80. The minimum absolute atomic E-state index is 0.0456. The zero-order chi connectivity index (χ0) is 15.8. The van der Waals surface area contributed by atoms with Crippen molar-refractivity contribution in [3.8, 4) is 5.75 Å². The third-order valence-electron chi connectivity index (χ3n) is 3.45. The summed E-state index contributed by atoms with van der Waals surface area (Å²) in [6.45, 7) is 0.0456. The Morgan fingerprint density at radius 3 is 2.73 bits per heavy atom. The average Bonchev–Trinajstić information content (AvgIpc) is 3.04. The number of nitrogens with one attached hydrogen (secondary N) is 3. The standard InChI is InChI=1S/C16H21N3O3/c1-22-14-9-5-4-8-13(14)17-11-16(21)19-18-15(20)10-12-6-2-3-7-12/h2,4-6,8-9,12,17H,3,7,10-11H2,1H3,(H,18,20)(H,19,21). The maximum absolute atomic E-state index is 11.7. The van der Waals surface area contributed by atoms with Crippen LogP contribution in [0.25, 0.3) is 0 Å². The molecule has 1 aromatic rings. The van der Waals surface area contributed by atoms with Crippen molar-refractivity contribution in [2.24, 2.45) is 5.92 Å². The summed E-state index contributed by atoms with van der Waals surface area (Å²) in [5, 5.41) is 2.96. The van der Waals surface area contributed by atoms with E-state index in [1.807, 2.05) is 24.3 Å². The number of methoxy groups -OCH3 is 1. The number of carbonyl (C=O) groups excluding carboxylic acids is 2. The molecule has 0 bridgehead atoms. The lowest BCUT2D eigenvalue weighted by molar-refractivity contribution is -0.128. The Bertz CT molecular complexity index is 557. The summed E-state index contributed by atoms with van der Waals surface area (Å²) in [4.78, 5) is 23.4. The quantitative estimate of drug-likeness (QED) is 0.551. The van der Waals surface area contributed by atoms with Crippen LogP contribution in [0.4, 0.5) is 5.69 Å². The largest absolute Gasteiger partial charge is 0.495 e. The lowest BCUT2D eigenvalue weighted by atomic mass is 10.1. The molecule has 1 aliphatic carbocycles. The number of benzene rings is 1. The lowest BCUT2D eigenvalue weighted by Crippen LogP contribution is -2.44. The average molecular weight is 303 g/mol. The molecule has 1 unspecified atom stereocenters. The Balaban J connectivity index is 1.69. The molecule has 22 heavy (non-hydrogen) atoms. The Morgan fingerprint density at radius 1 is 1.23 bits per heavy atom. The van der Waals surface area contributed by atoms with Crippen molar-refractivity contribution in [3.05, 3.63) is 36.4 Å². The lowest BCUT2D eigenvalue weighted by Gasteiger charge is -2.12. The molecule has 0 radical (unpaired) electrons. The van der Waals surface area contributed by atoms with Gasteiger partial charge in [-0.25, -0.2) is 0 Å². The van der Waals surface area contributed by atoms with E-state index in [9.17, 15) is 9.59 Å². The zero-order valence-electron chi connectivity index (χ0n) is 12.6. The van der Waals surface area contributed by atoms with Crippen molar-refractivity contribution in [3.63, 3.8) is 0 Å². The van der Waals surface area contributed by atoms with Gasteiger partial charge in [0.05, 0.1) is 19.3 Å². The second kappa shape index (κ2) is 8.07. The minimum Gasteiger partial charge on any atom is -0.495 e. The summed E-state index contributed by atoms with van der Waals surface area (Å²) in [7, 11) is 1.57. The van der Waals surface area contributed by atoms with Crippen LogP contribution in [0.2, 0.25) is 0 Å². The van der Waals surface area contributed by atoms with Gasteiger partial charge in [0.15, 0.2) is 0 Å². The first kappa shape index (κ1) is 15.9. The topological polar surface area (TPSA) is 79.5 Å². The van der Waals surface area contributed by atoms with Gasteiger partial charge in [-0.3, -0.25) is 20.4 Å².